The normalized spacial score (nSPS) is 14.6. The number of hydrogen-bond acceptors (Lipinski definition) is 3. The first-order valence-corrected chi connectivity index (χ1v) is 8.15. The van der Waals surface area contributed by atoms with Crippen LogP contribution in [0.25, 0.3) is 0 Å². The Morgan fingerprint density at radius 3 is 2.53 bits per heavy atom. The van der Waals surface area contributed by atoms with Crippen LogP contribution in [0.2, 0.25) is 0 Å². The molecule has 0 spiro atoms. The summed E-state index contributed by atoms with van der Waals surface area (Å²) in [6.07, 6.45) is 2.42. The maximum Gasteiger partial charge on any atom is 0.0307 e. The first-order valence-electron chi connectivity index (χ1n) is 7.16. The van der Waals surface area contributed by atoms with Crippen molar-refractivity contribution in [1.82, 2.24) is 5.43 Å². The molecule has 2 atom stereocenters. The van der Waals surface area contributed by atoms with E-state index in [1.54, 1.807) is 0 Å². The molecular formula is C16H28N2S. The summed E-state index contributed by atoms with van der Waals surface area (Å²) in [5.74, 6) is 8.20. The molecule has 0 saturated carbocycles. The summed E-state index contributed by atoms with van der Waals surface area (Å²) in [7, 11) is 0. The lowest BCUT2D eigenvalue weighted by atomic mass is 9.93. The minimum atomic E-state index is 0.388. The molecule has 1 aromatic carbocycles. The molecular weight excluding hydrogens is 252 g/mol. The minimum absolute atomic E-state index is 0.388. The van der Waals surface area contributed by atoms with Crippen molar-refractivity contribution in [2.24, 2.45) is 17.7 Å². The average Bonchev–Trinajstić information content (AvgIpc) is 2.33. The molecule has 0 saturated heterocycles. The zero-order chi connectivity index (χ0) is 14.3. The van der Waals surface area contributed by atoms with Gasteiger partial charge in [-0.1, -0.05) is 38.5 Å². The van der Waals surface area contributed by atoms with Crippen LogP contribution in [0.4, 0.5) is 0 Å². The second-order valence-corrected chi connectivity index (χ2v) is 7.05. The highest BCUT2D eigenvalue weighted by Gasteiger charge is 2.13. The van der Waals surface area contributed by atoms with Gasteiger partial charge in [-0.2, -0.15) is 0 Å². The Hall–Kier alpha value is -0.510. The van der Waals surface area contributed by atoms with Gasteiger partial charge in [0.05, 0.1) is 0 Å². The average molecular weight is 280 g/mol. The number of rotatable bonds is 8. The van der Waals surface area contributed by atoms with E-state index in [-0.39, 0.29) is 0 Å². The maximum absolute atomic E-state index is 5.68. The van der Waals surface area contributed by atoms with Gasteiger partial charge in [0.25, 0.3) is 0 Å². The van der Waals surface area contributed by atoms with Crippen LogP contribution in [0.1, 0.15) is 39.2 Å². The first-order chi connectivity index (χ1) is 9.01. The van der Waals surface area contributed by atoms with Crippen molar-refractivity contribution in [2.45, 2.75) is 51.5 Å². The van der Waals surface area contributed by atoms with Gasteiger partial charge in [-0.3, -0.25) is 11.3 Å². The molecule has 2 unspecified atom stereocenters. The monoisotopic (exact) mass is 280 g/mol. The summed E-state index contributed by atoms with van der Waals surface area (Å²) in [4.78, 5) is 1.33. The largest absolute Gasteiger partial charge is 0.271 e. The van der Waals surface area contributed by atoms with E-state index in [2.05, 4.69) is 57.4 Å². The molecule has 0 heterocycles. The molecule has 0 aliphatic rings. The van der Waals surface area contributed by atoms with Gasteiger partial charge in [0.2, 0.25) is 0 Å². The second-order valence-electron chi connectivity index (χ2n) is 5.96. The summed E-state index contributed by atoms with van der Waals surface area (Å²) < 4.78 is 0. The molecule has 19 heavy (non-hydrogen) atoms. The van der Waals surface area contributed by atoms with E-state index in [4.69, 9.17) is 5.84 Å². The van der Waals surface area contributed by atoms with Crippen molar-refractivity contribution in [2.75, 3.05) is 5.75 Å². The Labute approximate surface area is 122 Å². The molecule has 0 fully saturated rings. The lowest BCUT2D eigenvalue weighted by Gasteiger charge is -2.21. The van der Waals surface area contributed by atoms with Crippen LogP contribution in [0.5, 0.6) is 0 Å². The Kier molecular flexibility index (Phi) is 7.51. The predicted octanol–water partition coefficient (Wildman–Crippen LogP) is 3.99. The van der Waals surface area contributed by atoms with Crippen LogP contribution in [-0.4, -0.2) is 11.8 Å². The Morgan fingerprint density at radius 1 is 1.21 bits per heavy atom. The standard InChI is InChI=1S/C16H28N2S/c1-12(2)8-14(4)9-15(18-17)11-19-16-7-5-6-13(3)10-16/h5-7,10,12,14-15,18H,8-9,11,17H2,1-4H3. The molecule has 1 rings (SSSR count). The third-order valence-corrected chi connectivity index (χ3v) is 4.39. The Bertz CT molecular complexity index is 366. The molecule has 0 bridgehead atoms. The Morgan fingerprint density at radius 2 is 1.95 bits per heavy atom. The lowest BCUT2D eigenvalue weighted by Crippen LogP contribution is -2.38. The van der Waals surface area contributed by atoms with Gasteiger partial charge < -0.3 is 0 Å². The molecule has 0 radical (unpaired) electrons. The number of benzene rings is 1. The van der Waals surface area contributed by atoms with Crippen LogP contribution >= 0.6 is 11.8 Å². The van der Waals surface area contributed by atoms with Crippen LogP contribution in [0.15, 0.2) is 29.2 Å². The van der Waals surface area contributed by atoms with Gasteiger partial charge in [-0.15, -0.1) is 11.8 Å². The SMILES string of the molecule is Cc1cccc(SCC(CC(C)CC(C)C)NN)c1. The summed E-state index contributed by atoms with van der Waals surface area (Å²) in [6.45, 7) is 9.01. The highest BCUT2D eigenvalue weighted by Crippen LogP contribution is 2.23. The van der Waals surface area contributed by atoms with Gasteiger partial charge in [0.1, 0.15) is 0 Å². The number of nitrogens with two attached hydrogens (primary N) is 1. The van der Waals surface area contributed by atoms with Crippen molar-refractivity contribution >= 4 is 11.8 Å². The molecule has 0 aliphatic carbocycles. The van der Waals surface area contributed by atoms with Gasteiger partial charge >= 0.3 is 0 Å². The highest BCUT2D eigenvalue weighted by molar-refractivity contribution is 7.99. The van der Waals surface area contributed by atoms with Crippen LogP contribution in [0, 0.1) is 18.8 Å². The molecule has 108 valence electrons. The summed E-state index contributed by atoms with van der Waals surface area (Å²) in [6, 6.07) is 9.04. The van der Waals surface area contributed by atoms with Gasteiger partial charge in [-0.25, -0.2) is 0 Å². The number of aryl methyl sites for hydroxylation is 1. The molecule has 3 heteroatoms. The van der Waals surface area contributed by atoms with Crippen LogP contribution < -0.4 is 11.3 Å². The van der Waals surface area contributed by atoms with Crippen LogP contribution in [-0.2, 0) is 0 Å². The van der Waals surface area contributed by atoms with Crippen molar-refractivity contribution < 1.29 is 0 Å². The van der Waals surface area contributed by atoms with Crippen molar-refractivity contribution in [1.29, 1.82) is 0 Å². The maximum atomic E-state index is 5.68. The molecule has 3 N–H and O–H groups in total. The molecule has 1 aromatic rings. The molecule has 2 nitrogen and oxygen atoms in total. The van der Waals surface area contributed by atoms with E-state index in [1.165, 1.54) is 16.9 Å². The third kappa shape index (κ3) is 7.00. The fourth-order valence-corrected chi connectivity index (χ4v) is 3.54. The predicted molar refractivity (Wildman–Crippen MR) is 86.3 cm³/mol. The van der Waals surface area contributed by atoms with E-state index in [9.17, 15) is 0 Å². The van der Waals surface area contributed by atoms with Crippen molar-refractivity contribution in [3.8, 4) is 0 Å². The first kappa shape index (κ1) is 16.5. The van der Waals surface area contributed by atoms with E-state index >= 15 is 0 Å². The fourth-order valence-electron chi connectivity index (χ4n) is 2.47. The van der Waals surface area contributed by atoms with E-state index < -0.39 is 0 Å². The van der Waals surface area contributed by atoms with E-state index in [0.29, 0.717) is 6.04 Å². The Balaban J connectivity index is 2.40. The molecule has 0 aromatic heterocycles. The van der Waals surface area contributed by atoms with Gasteiger partial charge in [0.15, 0.2) is 0 Å². The minimum Gasteiger partial charge on any atom is -0.271 e. The van der Waals surface area contributed by atoms with E-state index in [1.807, 2.05) is 11.8 Å². The smallest absolute Gasteiger partial charge is 0.0307 e. The summed E-state index contributed by atoms with van der Waals surface area (Å²) in [5.41, 5.74) is 4.29. The third-order valence-electron chi connectivity index (χ3n) is 3.24. The van der Waals surface area contributed by atoms with Gasteiger partial charge in [0, 0.05) is 16.7 Å². The molecule has 0 aliphatic heterocycles. The van der Waals surface area contributed by atoms with E-state index in [0.717, 1.165) is 24.0 Å². The van der Waals surface area contributed by atoms with Crippen molar-refractivity contribution in [3.63, 3.8) is 0 Å². The second kappa shape index (κ2) is 8.62. The number of hydrazine groups is 1. The fraction of sp³-hybridized carbons (Fsp3) is 0.625. The number of nitrogens with one attached hydrogen (secondary N) is 1. The number of thioether (sulfide) groups is 1. The van der Waals surface area contributed by atoms with Gasteiger partial charge in [-0.05, 0) is 43.7 Å². The topological polar surface area (TPSA) is 38.0 Å². The zero-order valence-corrected chi connectivity index (χ0v) is 13.5. The highest BCUT2D eigenvalue weighted by atomic mass is 32.2. The zero-order valence-electron chi connectivity index (χ0n) is 12.6. The van der Waals surface area contributed by atoms with Crippen LogP contribution in [0.3, 0.4) is 0 Å². The summed E-state index contributed by atoms with van der Waals surface area (Å²) >= 11 is 1.89. The number of hydrogen-bond donors (Lipinski definition) is 2. The quantitative estimate of drug-likeness (QED) is 0.429. The summed E-state index contributed by atoms with van der Waals surface area (Å²) in [5, 5.41) is 0. The van der Waals surface area contributed by atoms with Crippen molar-refractivity contribution in [3.05, 3.63) is 29.8 Å². The molecule has 0 amide bonds. The lowest BCUT2D eigenvalue weighted by molar-refractivity contribution is 0.369.